The number of para-hydroxylation sites is 1. The van der Waals surface area contributed by atoms with Gasteiger partial charge in [-0.2, -0.15) is 0 Å². The Kier molecular flexibility index (Phi) is 4.99. The van der Waals surface area contributed by atoms with Gasteiger partial charge < -0.3 is 20.0 Å². The molecule has 0 radical (unpaired) electrons. The number of amides is 1. The highest BCUT2D eigenvalue weighted by Crippen LogP contribution is 2.42. The predicted octanol–water partition coefficient (Wildman–Crippen LogP) is 1.59. The molecule has 25 heavy (non-hydrogen) atoms. The van der Waals surface area contributed by atoms with E-state index in [2.05, 4.69) is 17.0 Å². The summed E-state index contributed by atoms with van der Waals surface area (Å²) in [5.41, 5.74) is -0.0449. The Morgan fingerprint density at radius 1 is 1.08 bits per heavy atom. The van der Waals surface area contributed by atoms with Gasteiger partial charge in [-0.05, 0) is 38.3 Å². The van der Waals surface area contributed by atoms with Gasteiger partial charge in [0.05, 0.1) is 17.4 Å². The number of rotatable bonds is 3. The van der Waals surface area contributed by atoms with Crippen LogP contribution in [0.4, 0.5) is 5.69 Å². The van der Waals surface area contributed by atoms with Crippen LogP contribution in [0.25, 0.3) is 0 Å². The molecule has 0 aromatic heterocycles. The molecule has 1 aromatic carbocycles. The fraction of sp³-hybridized carbons (Fsp3) is 0.579. The maximum atomic E-state index is 13.0. The highest BCUT2D eigenvalue weighted by atomic mass is 16.4. The molecule has 0 spiro atoms. The van der Waals surface area contributed by atoms with Gasteiger partial charge in [-0.3, -0.25) is 9.59 Å². The molecule has 1 aliphatic heterocycles. The van der Waals surface area contributed by atoms with Crippen LogP contribution in [-0.2, 0) is 9.59 Å². The Bertz CT molecular complexity index is 628. The van der Waals surface area contributed by atoms with E-state index in [0.29, 0.717) is 25.9 Å². The molecular weight excluding hydrogens is 320 g/mol. The summed E-state index contributed by atoms with van der Waals surface area (Å²) in [6.45, 7) is 4.29. The van der Waals surface area contributed by atoms with Crippen molar-refractivity contribution in [2.24, 2.45) is 11.3 Å². The number of hydrogen-bond acceptors (Lipinski definition) is 4. The lowest BCUT2D eigenvalue weighted by molar-refractivity contribution is -0.165. The molecule has 2 fully saturated rings. The summed E-state index contributed by atoms with van der Waals surface area (Å²) in [7, 11) is 0. The number of piperazine rings is 1. The van der Waals surface area contributed by atoms with Crippen molar-refractivity contribution in [3.8, 4) is 0 Å². The first-order chi connectivity index (χ1) is 11.9. The number of carboxylic acids is 1. The van der Waals surface area contributed by atoms with E-state index >= 15 is 0 Å². The number of aliphatic hydroxyl groups excluding tert-OH is 1. The number of aliphatic carboxylic acids is 1. The fourth-order valence-corrected chi connectivity index (χ4v) is 4.09. The second-order valence-corrected chi connectivity index (χ2v) is 7.36. The van der Waals surface area contributed by atoms with Crippen LogP contribution in [0, 0.1) is 11.3 Å². The number of anilines is 1. The van der Waals surface area contributed by atoms with Crippen LogP contribution in [0.15, 0.2) is 30.3 Å². The van der Waals surface area contributed by atoms with Crippen molar-refractivity contribution in [2.75, 3.05) is 31.1 Å². The van der Waals surface area contributed by atoms with Crippen LogP contribution < -0.4 is 4.90 Å². The van der Waals surface area contributed by atoms with Crippen molar-refractivity contribution in [3.05, 3.63) is 30.3 Å². The summed E-state index contributed by atoms with van der Waals surface area (Å²) in [5, 5.41) is 19.5. The van der Waals surface area contributed by atoms with Gasteiger partial charge in [-0.15, -0.1) is 0 Å². The van der Waals surface area contributed by atoms with Gasteiger partial charge in [-0.25, -0.2) is 0 Å². The third-order valence-electron chi connectivity index (χ3n) is 5.72. The summed E-state index contributed by atoms with van der Waals surface area (Å²) >= 11 is 0. The molecule has 2 N–H and O–H groups in total. The molecule has 1 saturated carbocycles. The average Bonchev–Trinajstić information content (AvgIpc) is 2.62. The standard InChI is InChI=1S/C19H26N2O4/c1-19(18(24)25)13-15(22)7-8-16(19)17(23)21-11-9-20(10-12-21)14-5-3-2-4-6-14/h2-6,15-16,22H,7-13H2,1H3,(H,24,25)/t15-,16+,19-/m0/s1. The Morgan fingerprint density at radius 3 is 2.32 bits per heavy atom. The lowest BCUT2D eigenvalue weighted by atomic mass is 9.66. The normalized spacial score (nSPS) is 30.2. The Morgan fingerprint density at radius 2 is 1.72 bits per heavy atom. The number of carbonyl (C=O) groups excluding carboxylic acids is 1. The molecule has 1 saturated heterocycles. The van der Waals surface area contributed by atoms with Crippen LogP contribution in [0.5, 0.6) is 0 Å². The van der Waals surface area contributed by atoms with Crippen molar-refractivity contribution in [1.29, 1.82) is 0 Å². The van der Waals surface area contributed by atoms with Crippen molar-refractivity contribution in [2.45, 2.75) is 32.3 Å². The first-order valence-electron chi connectivity index (χ1n) is 8.92. The molecule has 136 valence electrons. The first kappa shape index (κ1) is 17.7. The second kappa shape index (κ2) is 7.04. The molecule has 3 rings (SSSR count). The van der Waals surface area contributed by atoms with Gasteiger partial charge in [0, 0.05) is 31.9 Å². The van der Waals surface area contributed by atoms with Gasteiger partial charge in [0.2, 0.25) is 5.91 Å². The van der Waals surface area contributed by atoms with Gasteiger partial charge in [0.25, 0.3) is 0 Å². The molecule has 6 heteroatoms. The lowest BCUT2D eigenvalue weighted by Crippen LogP contribution is -2.55. The maximum absolute atomic E-state index is 13.0. The number of carboxylic acid groups (broad SMARTS) is 1. The van der Waals surface area contributed by atoms with Crippen LogP contribution in [0.3, 0.4) is 0 Å². The van der Waals surface area contributed by atoms with Gasteiger partial charge >= 0.3 is 5.97 Å². The highest BCUT2D eigenvalue weighted by Gasteiger charge is 2.50. The quantitative estimate of drug-likeness (QED) is 0.869. The lowest BCUT2D eigenvalue weighted by Gasteiger charge is -2.43. The van der Waals surface area contributed by atoms with E-state index in [1.165, 1.54) is 0 Å². The third-order valence-corrected chi connectivity index (χ3v) is 5.72. The topological polar surface area (TPSA) is 81.1 Å². The smallest absolute Gasteiger partial charge is 0.310 e. The zero-order valence-electron chi connectivity index (χ0n) is 14.6. The van der Waals surface area contributed by atoms with Crippen molar-refractivity contribution < 1.29 is 19.8 Å². The summed E-state index contributed by atoms with van der Waals surface area (Å²) in [4.78, 5) is 28.8. The molecule has 6 nitrogen and oxygen atoms in total. The molecular formula is C19H26N2O4. The summed E-state index contributed by atoms with van der Waals surface area (Å²) in [6.07, 6.45) is 0.424. The number of hydrogen-bond donors (Lipinski definition) is 2. The molecule has 0 unspecified atom stereocenters. The Labute approximate surface area is 148 Å². The number of carbonyl (C=O) groups is 2. The van der Waals surface area contributed by atoms with Crippen molar-refractivity contribution in [3.63, 3.8) is 0 Å². The minimum Gasteiger partial charge on any atom is -0.481 e. The van der Waals surface area contributed by atoms with Gasteiger partial charge in [0.15, 0.2) is 0 Å². The SMILES string of the molecule is C[C@]1(C(=O)O)C[C@@H](O)CC[C@@H]1C(=O)N1CCN(c2ccccc2)CC1. The van der Waals surface area contributed by atoms with Crippen LogP contribution in [0.1, 0.15) is 26.2 Å². The van der Waals surface area contributed by atoms with Crippen molar-refractivity contribution in [1.82, 2.24) is 4.90 Å². The Hall–Kier alpha value is -2.08. The highest BCUT2D eigenvalue weighted by molar-refractivity contribution is 5.87. The van der Waals surface area contributed by atoms with E-state index in [9.17, 15) is 19.8 Å². The van der Waals surface area contributed by atoms with Crippen LogP contribution >= 0.6 is 0 Å². The predicted molar refractivity (Wildman–Crippen MR) is 94.3 cm³/mol. The summed E-state index contributed by atoms with van der Waals surface area (Å²) in [6, 6.07) is 10.1. The monoisotopic (exact) mass is 346 g/mol. The minimum atomic E-state index is -1.19. The van der Waals surface area contributed by atoms with Crippen LogP contribution in [0.2, 0.25) is 0 Å². The first-order valence-corrected chi connectivity index (χ1v) is 8.92. The fourth-order valence-electron chi connectivity index (χ4n) is 4.09. The van der Waals surface area contributed by atoms with E-state index in [1.807, 2.05) is 18.2 Å². The van der Waals surface area contributed by atoms with Gasteiger partial charge in [0.1, 0.15) is 0 Å². The summed E-state index contributed by atoms with van der Waals surface area (Å²) in [5.74, 6) is -1.63. The summed E-state index contributed by atoms with van der Waals surface area (Å²) < 4.78 is 0. The average molecular weight is 346 g/mol. The molecule has 1 amide bonds. The molecule has 2 aliphatic rings. The van der Waals surface area contributed by atoms with Crippen molar-refractivity contribution >= 4 is 17.6 Å². The minimum absolute atomic E-state index is 0.0792. The van der Waals surface area contributed by atoms with Gasteiger partial charge in [-0.1, -0.05) is 18.2 Å². The van der Waals surface area contributed by atoms with E-state index in [0.717, 1.165) is 18.8 Å². The third kappa shape index (κ3) is 3.49. The second-order valence-electron chi connectivity index (χ2n) is 7.36. The maximum Gasteiger partial charge on any atom is 0.310 e. The number of nitrogens with zero attached hydrogens (tertiary/aromatic N) is 2. The largest absolute Gasteiger partial charge is 0.481 e. The Balaban J connectivity index is 1.66. The number of aliphatic hydroxyl groups is 1. The molecule has 0 bridgehead atoms. The van der Waals surface area contributed by atoms with E-state index in [1.54, 1.807) is 11.8 Å². The molecule has 3 atom stereocenters. The van der Waals surface area contributed by atoms with Crippen LogP contribution in [-0.4, -0.2) is 59.3 Å². The molecule has 1 heterocycles. The van der Waals surface area contributed by atoms with E-state index < -0.39 is 23.4 Å². The van der Waals surface area contributed by atoms with E-state index in [4.69, 9.17) is 0 Å². The molecule has 1 aliphatic carbocycles. The number of benzene rings is 1. The molecule has 1 aromatic rings. The zero-order valence-corrected chi connectivity index (χ0v) is 14.6. The van der Waals surface area contributed by atoms with E-state index in [-0.39, 0.29) is 12.3 Å². The zero-order chi connectivity index (χ0) is 18.0.